The SMILES string of the molecule is NC(N)=NCCC[C@@H](NC(=O)[C@@H](N)Cc1ccc(O)cc1)C(=O)N[C@@H](Cc1ccccc1)C(=O)NCCS(N)(=O)=O. The van der Waals surface area contributed by atoms with Gasteiger partial charge in [0.05, 0.1) is 11.8 Å². The van der Waals surface area contributed by atoms with E-state index < -0.39 is 51.6 Å². The highest BCUT2D eigenvalue weighted by Crippen LogP contribution is 2.11. The highest BCUT2D eigenvalue weighted by atomic mass is 32.2. The smallest absolute Gasteiger partial charge is 0.243 e. The molecule has 14 nitrogen and oxygen atoms in total. The van der Waals surface area contributed by atoms with E-state index in [1.54, 1.807) is 42.5 Å². The van der Waals surface area contributed by atoms with Gasteiger partial charge in [-0.15, -0.1) is 0 Å². The molecule has 224 valence electrons. The molecule has 15 heteroatoms. The number of aliphatic imine (C=N–C) groups is 1. The van der Waals surface area contributed by atoms with Crippen LogP contribution in [0.1, 0.15) is 24.0 Å². The number of hydrogen-bond acceptors (Lipinski definition) is 8. The predicted octanol–water partition coefficient (Wildman–Crippen LogP) is -2.07. The van der Waals surface area contributed by atoms with Gasteiger partial charge in [0, 0.05) is 19.5 Å². The molecule has 2 rings (SSSR count). The van der Waals surface area contributed by atoms with Crippen LogP contribution in [0.2, 0.25) is 0 Å². The van der Waals surface area contributed by atoms with Crippen LogP contribution in [0, 0.1) is 0 Å². The standard InChI is InChI=1S/C26H38N8O6S/c27-20(15-18-8-10-19(35)11-9-18)23(36)33-21(7-4-12-32-26(28)29)25(38)34-22(16-17-5-2-1-3-6-17)24(37)31-13-14-41(30,39)40/h1-3,5-6,8-11,20-22,35H,4,7,12-16,27H2,(H,31,37)(H,33,36)(H,34,38)(H4,28,29,32)(H2,30,39,40)/t20-,21+,22-/m0/s1. The van der Waals surface area contributed by atoms with Crippen molar-refractivity contribution < 1.29 is 27.9 Å². The molecule has 12 N–H and O–H groups in total. The lowest BCUT2D eigenvalue weighted by atomic mass is 10.0. The highest BCUT2D eigenvalue weighted by molar-refractivity contribution is 7.89. The van der Waals surface area contributed by atoms with Crippen LogP contribution >= 0.6 is 0 Å². The number of nitrogens with one attached hydrogen (secondary N) is 3. The zero-order chi connectivity index (χ0) is 30.4. The van der Waals surface area contributed by atoms with Gasteiger partial charge in [-0.2, -0.15) is 0 Å². The quantitative estimate of drug-likeness (QED) is 0.0606. The molecule has 0 bridgehead atoms. The van der Waals surface area contributed by atoms with Crippen molar-refractivity contribution in [3.05, 3.63) is 65.7 Å². The summed E-state index contributed by atoms with van der Waals surface area (Å²) in [7, 11) is -3.81. The van der Waals surface area contributed by atoms with E-state index in [4.69, 9.17) is 22.3 Å². The van der Waals surface area contributed by atoms with E-state index in [1.807, 2.05) is 0 Å². The van der Waals surface area contributed by atoms with Crippen LogP contribution < -0.4 is 38.3 Å². The van der Waals surface area contributed by atoms with Crippen LogP contribution in [0.3, 0.4) is 0 Å². The molecule has 3 atom stereocenters. The van der Waals surface area contributed by atoms with Gasteiger partial charge in [-0.25, -0.2) is 13.6 Å². The molecule has 0 fully saturated rings. The van der Waals surface area contributed by atoms with Gasteiger partial charge < -0.3 is 38.3 Å². The lowest BCUT2D eigenvalue weighted by Crippen LogP contribution is -2.56. The number of carbonyl (C=O) groups is 3. The first-order chi connectivity index (χ1) is 19.3. The summed E-state index contributed by atoms with van der Waals surface area (Å²) in [4.78, 5) is 43.2. The molecular weight excluding hydrogens is 552 g/mol. The molecule has 0 unspecified atom stereocenters. The van der Waals surface area contributed by atoms with Crippen LogP contribution in [0.4, 0.5) is 0 Å². The third kappa shape index (κ3) is 13.1. The topological polar surface area (TPSA) is 258 Å². The van der Waals surface area contributed by atoms with Crippen molar-refractivity contribution in [2.75, 3.05) is 18.8 Å². The number of phenols is 1. The predicted molar refractivity (Wildman–Crippen MR) is 155 cm³/mol. The maximum atomic E-state index is 13.4. The largest absolute Gasteiger partial charge is 0.508 e. The first-order valence-electron chi connectivity index (χ1n) is 12.9. The Morgan fingerprint density at radius 1 is 0.854 bits per heavy atom. The normalized spacial score (nSPS) is 13.3. The van der Waals surface area contributed by atoms with E-state index in [2.05, 4.69) is 20.9 Å². The summed E-state index contributed by atoms with van der Waals surface area (Å²) in [6.07, 6.45) is 0.707. The fourth-order valence-corrected chi connectivity index (χ4v) is 4.19. The molecule has 0 saturated carbocycles. The van der Waals surface area contributed by atoms with Crippen LogP contribution in [0.25, 0.3) is 0 Å². The Balaban J connectivity index is 2.17. The minimum Gasteiger partial charge on any atom is -0.508 e. The molecular formula is C26H38N8O6S. The highest BCUT2D eigenvalue weighted by Gasteiger charge is 2.28. The van der Waals surface area contributed by atoms with E-state index in [0.29, 0.717) is 12.0 Å². The number of phenolic OH excluding ortho intramolecular Hbond substituents is 1. The molecule has 0 aliphatic rings. The number of aromatic hydroxyl groups is 1. The summed E-state index contributed by atoms with van der Waals surface area (Å²) < 4.78 is 22.5. The number of guanidine groups is 1. The van der Waals surface area contributed by atoms with Crippen LogP contribution in [0.5, 0.6) is 5.75 Å². The Kier molecular flexibility index (Phi) is 13.0. The second-order valence-corrected chi connectivity index (χ2v) is 11.1. The average molecular weight is 591 g/mol. The molecule has 41 heavy (non-hydrogen) atoms. The summed E-state index contributed by atoms with van der Waals surface area (Å²) >= 11 is 0. The number of benzene rings is 2. The lowest BCUT2D eigenvalue weighted by molar-refractivity contribution is -0.132. The van der Waals surface area contributed by atoms with Crippen molar-refractivity contribution in [2.24, 2.45) is 27.3 Å². The molecule has 0 heterocycles. The minimum atomic E-state index is -3.81. The Morgan fingerprint density at radius 2 is 1.46 bits per heavy atom. The first kappa shape index (κ1) is 33.0. The molecule has 0 aromatic heterocycles. The summed E-state index contributed by atoms with van der Waals surface area (Å²) in [6, 6.07) is 11.9. The number of carbonyl (C=O) groups excluding carboxylic acids is 3. The van der Waals surface area contributed by atoms with Gasteiger partial charge in [0.25, 0.3) is 0 Å². The van der Waals surface area contributed by atoms with E-state index in [1.165, 1.54) is 12.1 Å². The van der Waals surface area contributed by atoms with E-state index >= 15 is 0 Å². The maximum absolute atomic E-state index is 13.4. The Hall–Kier alpha value is -4.21. The number of nitrogens with two attached hydrogens (primary N) is 4. The van der Waals surface area contributed by atoms with Crippen molar-refractivity contribution >= 4 is 33.7 Å². The van der Waals surface area contributed by atoms with Crippen LogP contribution in [0.15, 0.2) is 59.6 Å². The number of rotatable bonds is 16. The van der Waals surface area contributed by atoms with E-state index in [0.717, 1.165) is 5.56 Å². The molecule has 0 radical (unpaired) electrons. The Bertz CT molecular complexity index is 1280. The van der Waals surface area contributed by atoms with Gasteiger partial charge in [0.2, 0.25) is 27.7 Å². The van der Waals surface area contributed by atoms with Gasteiger partial charge >= 0.3 is 0 Å². The second-order valence-electron chi connectivity index (χ2n) is 9.40. The van der Waals surface area contributed by atoms with Crippen molar-refractivity contribution in [3.63, 3.8) is 0 Å². The number of amides is 3. The van der Waals surface area contributed by atoms with Crippen molar-refractivity contribution in [2.45, 2.75) is 43.8 Å². The number of primary sulfonamides is 1. The van der Waals surface area contributed by atoms with Gasteiger partial charge in [-0.05, 0) is 42.5 Å². The number of hydrogen-bond donors (Lipinski definition) is 8. The summed E-state index contributed by atoms with van der Waals surface area (Å²) in [6.45, 7) is -0.0489. The fraction of sp³-hybridized carbons (Fsp3) is 0.385. The monoisotopic (exact) mass is 590 g/mol. The summed E-state index contributed by atoms with van der Waals surface area (Å²) in [5, 5.41) is 22.3. The number of nitrogens with zero attached hydrogens (tertiary/aromatic N) is 1. The zero-order valence-electron chi connectivity index (χ0n) is 22.5. The summed E-state index contributed by atoms with van der Waals surface area (Å²) in [5.41, 5.74) is 18.3. The van der Waals surface area contributed by atoms with Crippen molar-refractivity contribution in [3.8, 4) is 5.75 Å². The van der Waals surface area contributed by atoms with Gasteiger partial charge in [-0.3, -0.25) is 19.4 Å². The summed E-state index contributed by atoms with van der Waals surface area (Å²) in [5.74, 6) is -2.40. The van der Waals surface area contributed by atoms with Crippen LogP contribution in [-0.4, -0.2) is 74.2 Å². The Morgan fingerprint density at radius 3 is 2.07 bits per heavy atom. The second kappa shape index (κ2) is 16.2. The molecule has 2 aromatic carbocycles. The van der Waals surface area contributed by atoms with Gasteiger partial charge in [-0.1, -0.05) is 42.5 Å². The Labute approximate surface area is 239 Å². The molecule has 0 aliphatic carbocycles. The molecule has 0 aliphatic heterocycles. The molecule has 0 saturated heterocycles. The van der Waals surface area contributed by atoms with Crippen LogP contribution in [-0.2, 0) is 37.2 Å². The maximum Gasteiger partial charge on any atom is 0.243 e. The third-order valence-corrected chi connectivity index (χ3v) is 6.68. The van der Waals surface area contributed by atoms with E-state index in [9.17, 15) is 27.9 Å². The minimum absolute atomic E-state index is 0.0722. The average Bonchev–Trinajstić information content (AvgIpc) is 2.90. The fourth-order valence-electron chi connectivity index (χ4n) is 3.80. The molecule has 2 aromatic rings. The molecule has 0 spiro atoms. The van der Waals surface area contributed by atoms with Crippen molar-refractivity contribution in [1.29, 1.82) is 0 Å². The van der Waals surface area contributed by atoms with Gasteiger partial charge in [0.15, 0.2) is 5.96 Å². The van der Waals surface area contributed by atoms with Crippen molar-refractivity contribution in [1.82, 2.24) is 16.0 Å². The zero-order valence-corrected chi connectivity index (χ0v) is 23.3. The lowest BCUT2D eigenvalue weighted by Gasteiger charge is -2.24. The molecule has 3 amide bonds. The number of sulfonamides is 1. The first-order valence-corrected chi connectivity index (χ1v) is 14.6. The van der Waals surface area contributed by atoms with E-state index in [-0.39, 0.29) is 44.1 Å². The van der Waals surface area contributed by atoms with Gasteiger partial charge in [0.1, 0.15) is 17.8 Å². The third-order valence-electron chi connectivity index (χ3n) is 5.91.